The van der Waals surface area contributed by atoms with Gasteiger partial charge in [-0.3, -0.25) is 10.2 Å². The first kappa shape index (κ1) is 24.2. The molecule has 0 radical (unpaired) electrons. The summed E-state index contributed by atoms with van der Waals surface area (Å²) in [5.74, 6) is -1.29. The predicted octanol–water partition coefficient (Wildman–Crippen LogP) is 5.51. The molecule has 33 heavy (non-hydrogen) atoms. The van der Waals surface area contributed by atoms with Crippen molar-refractivity contribution < 1.29 is 14.7 Å². The van der Waals surface area contributed by atoms with E-state index in [4.69, 9.17) is 0 Å². The maximum Gasteiger partial charge on any atom is 0.326 e. The average molecular weight is 449 g/mol. The van der Waals surface area contributed by atoms with Crippen molar-refractivity contribution in [3.63, 3.8) is 0 Å². The van der Waals surface area contributed by atoms with E-state index in [2.05, 4.69) is 22.3 Å². The standard InChI is InChI=1S/C26H32N4O3/c1-5-6-11-23(31)30(25(17(2)3)26(32)33)16-19-12-14-20(15-13-19)21-9-7-8-10-22(21)24-18(4)27-29-28-24/h7-10,12-15,17,24-25H,4-6,11,16H2,1-3H3,(H,27,28)(H,32,33)/t24?,25-/m0/s1. The molecule has 1 unspecified atom stereocenters. The summed E-state index contributed by atoms with van der Waals surface area (Å²) in [6.07, 6.45) is 1.98. The summed E-state index contributed by atoms with van der Waals surface area (Å²) in [5, 5.41) is 17.9. The minimum atomic E-state index is -0.972. The summed E-state index contributed by atoms with van der Waals surface area (Å²) in [4.78, 5) is 26.4. The lowest BCUT2D eigenvalue weighted by Crippen LogP contribution is -2.47. The summed E-state index contributed by atoms with van der Waals surface area (Å²) in [6, 6.07) is 14.8. The van der Waals surface area contributed by atoms with Crippen LogP contribution in [0.25, 0.3) is 11.1 Å². The molecule has 3 rings (SSSR count). The molecule has 0 bridgehead atoms. The van der Waals surface area contributed by atoms with Gasteiger partial charge in [0.05, 0.1) is 5.70 Å². The van der Waals surface area contributed by atoms with Crippen LogP contribution in [-0.2, 0) is 16.1 Å². The number of nitrogens with one attached hydrogen (secondary N) is 1. The first-order chi connectivity index (χ1) is 15.8. The number of hydrogen-bond acceptors (Lipinski definition) is 5. The van der Waals surface area contributed by atoms with Crippen molar-refractivity contribution in [2.75, 3.05) is 0 Å². The second-order valence-corrected chi connectivity index (χ2v) is 8.69. The molecule has 0 aliphatic carbocycles. The van der Waals surface area contributed by atoms with Gasteiger partial charge >= 0.3 is 5.97 Å². The first-order valence-electron chi connectivity index (χ1n) is 11.4. The van der Waals surface area contributed by atoms with Gasteiger partial charge < -0.3 is 10.0 Å². The Bertz CT molecular complexity index is 1030. The van der Waals surface area contributed by atoms with Crippen molar-refractivity contribution >= 4 is 11.9 Å². The highest BCUT2D eigenvalue weighted by Crippen LogP contribution is 2.35. The molecule has 2 atom stereocenters. The van der Waals surface area contributed by atoms with Crippen molar-refractivity contribution in [2.45, 2.75) is 58.7 Å². The van der Waals surface area contributed by atoms with Crippen LogP contribution in [0.1, 0.15) is 57.2 Å². The molecular formula is C26H32N4O3. The topological polar surface area (TPSA) is 94.4 Å². The van der Waals surface area contributed by atoms with Crippen LogP contribution >= 0.6 is 0 Å². The number of aliphatic carboxylic acids is 1. The Kier molecular flexibility index (Phi) is 7.98. The lowest BCUT2D eigenvalue weighted by Gasteiger charge is -2.32. The van der Waals surface area contributed by atoms with E-state index in [1.807, 2.05) is 69.3 Å². The van der Waals surface area contributed by atoms with Crippen LogP contribution in [0.15, 0.2) is 71.1 Å². The Hall–Kier alpha value is -3.48. The number of benzene rings is 2. The van der Waals surface area contributed by atoms with Crippen molar-refractivity contribution in [3.05, 3.63) is 71.9 Å². The van der Waals surface area contributed by atoms with Crippen LogP contribution in [0.4, 0.5) is 0 Å². The van der Waals surface area contributed by atoms with E-state index in [0.717, 1.165) is 40.8 Å². The summed E-state index contributed by atoms with van der Waals surface area (Å²) in [7, 11) is 0. The van der Waals surface area contributed by atoms with Crippen LogP contribution in [-0.4, -0.2) is 27.9 Å². The molecule has 2 aromatic rings. The Morgan fingerprint density at radius 3 is 2.42 bits per heavy atom. The number of nitrogens with zero attached hydrogens (tertiary/aromatic N) is 3. The van der Waals surface area contributed by atoms with Crippen molar-refractivity contribution in [2.24, 2.45) is 16.3 Å². The van der Waals surface area contributed by atoms with Gasteiger partial charge in [0.1, 0.15) is 12.1 Å². The molecule has 2 aromatic carbocycles. The molecule has 1 heterocycles. The van der Waals surface area contributed by atoms with Gasteiger partial charge in [-0.05, 0) is 34.6 Å². The van der Waals surface area contributed by atoms with Crippen LogP contribution in [0.2, 0.25) is 0 Å². The normalized spacial score (nSPS) is 16.0. The molecule has 1 aliphatic heterocycles. The molecule has 0 fully saturated rings. The number of carbonyl (C=O) groups is 2. The van der Waals surface area contributed by atoms with Crippen LogP contribution in [0.3, 0.4) is 0 Å². The molecule has 0 aromatic heterocycles. The van der Waals surface area contributed by atoms with Crippen LogP contribution in [0, 0.1) is 5.92 Å². The molecule has 174 valence electrons. The number of carbonyl (C=O) groups excluding carboxylic acids is 1. The minimum absolute atomic E-state index is 0.120. The highest BCUT2D eigenvalue weighted by atomic mass is 16.4. The average Bonchev–Trinajstić information content (AvgIpc) is 3.22. The van der Waals surface area contributed by atoms with Crippen molar-refractivity contribution in [1.29, 1.82) is 0 Å². The fourth-order valence-corrected chi connectivity index (χ4v) is 4.11. The third-order valence-electron chi connectivity index (χ3n) is 5.85. The Morgan fingerprint density at radius 2 is 1.85 bits per heavy atom. The zero-order valence-electron chi connectivity index (χ0n) is 19.5. The summed E-state index contributed by atoms with van der Waals surface area (Å²) >= 11 is 0. The highest BCUT2D eigenvalue weighted by molar-refractivity contribution is 5.84. The number of hydrogen-bond donors (Lipinski definition) is 2. The smallest absolute Gasteiger partial charge is 0.326 e. The van der Waals surface area contributed by atoms with Crippen molar-refractivity contribution in [1.82, 2.24) is 10.3 Å². The lowest BCUT2D eigenvalue weighted by molar-refractivity contribution is -0.153. The Labute approximate surface area is 195 Å². The second-order valence-electron chi connectivity index (χ2n) is 8.69. The van der Waals surface area contributed by atoms with Gasteiger partial charge in [-0.25, -0.2) is 4.79 Å². The number of amides is 1. The van der Waals surface area contributed by atoms with E-state index in [9.17, 15) is 14.7 Å². The second kappa shape index (κ2) is 10.9. The minimum Gasteiger partial charge on any atom is -0.480 e. The van der Waals surface area contributed by atoms with Gasteiger partial charge in [-0.1, -0.05) is 87.5 Å². The molecule has 2 N–H and O–H groups in total. The summed E-state index contributed by atoms with van der Waals surface area (Å²) < 4.78 is 0. The van der Waals surface area contributed by atoms with Gasteiger partial charge in [0.15, 0.2) is 0 Å². The highest BCUT2D eigenvalue weighted by Gasteiger charge is 2.32. The maximum atomic E-state index is 12.9. The predicted molar refractivity (Wildman–Crippen MR) is 128 cm³/mol. The quantitative estimate of drug-likeness (QED) is 0.501. The van der Waals surface area contributed by atoms with E-state index < -0.39 is 12.0 Å². The molecule has 7 heteroatoms. The van der Waals surface area contributed by atoms with E-state index in [1.165, 1.54) is 4.90 Å². The van der Waals surface area contributed by atoms with Gasteiger partial charge in [-0.2, -0.15) is 5.11 Å². The van der Waals surface area contributed by atoms with E-state index in [0.29, 0.717) is 6.42 Å². The monoisotopic (exact) mass is 448 g/mol. The largest absolute Gasteiger partial charge is 0.480 e. The fourth-order valence-electron chi connectivity index (χ4n) is 4.11. The third-order valence-corrected chi connectivity index (χ3v) is 5.85. The molecule has 1 aliphatic rings. The number of carboxylic acid groups (broad SMARTS) is 1. The molecular weight excluding hydrogens is 416 g/mol. The lowest BCUT2D eigenvalue weighted by atomic mass is 9.93. The molecule has 0 saturated heterocycles. The SMILES string of the molecule is C=C1NN=NC1c1ccccc1-c1ccc(CN(C(=O)CCCC)[C@H](C(=O)O)C(C)C)cc1. The van der Waals surface area contributed by atoms with Crippen LogP contribution < -0.4 is 5.43 Å². The maximum absolute atomic E-state index is 12.9. The third kappa shape index (κ3) is 5.66. The zero-order chi connectivity index (χ0) is 24.0. The fraction of sp³-hybridized carbons (Fsp3) is 0.385. The molecule has 0 spiro atoms. The number of unbranched alkanes of at least 4 members (excludes halogenated alkanes) is 1. The number of rotatable bonds is 10. The molecule has 1 amide bonds. The van der Waals surface area contributed by atoms with Crippen molar-refractivity contribution in [3.8, 4) is 11.1 Å². The van der Waals surface area contributed by atoms with Crippen LogP contribution in [0.5, 0.6) is 0 Å². The Morgan fingerprint density at radius 1 is 1.15 bits per heavy atom. The van der Waals surface area contributed by atoms with Gasteiger partial charge in [0.25, 0.3) is 0 Å². The molecule has 7 nitrogen and oxygen atoms in total. The molecule has 0 saturated carbocycles. The number of carboxylic acids is 1. The summed E-state index contributed by atoms with van der Waals surface area (Å²) in [6.45, 7) is 9.94. The van der Waals surface area contributed by atoms with Gasteiger partial charge in [0, 0.05) is 13.0 Å². The van der Waals surface area contributed by atoms with E-state index in [1.54, 1.807) is 0 Å². The van der Waals surface area contributed by atoms with Gasteiger partial charge in [-0.15, -0.1) is 0 Å². The summed E-state index contributed by atoms with van der Waals surface area (Å²) in [5.41, 5.74) is 7.47. The van der Waals surface area contributed by atoms with E-state index in [-0.39, 0.29) is 24.4 Å². The first-order valence-corrected chi connectivity index (χ1v) is 11.4. The Balaban J connectivity index is 1.87. The van der Waals surface area contributed by atoms with E-state index >= 15 is 0 Å². The zero-order valence-corrected chi connectivity index (χ0v) is 19.5. The van der Waals surface area contributed by atoms with Gasteiger partial charge in [0.2, 0.25) is 5.91 Å².